The van der Waals surface area contributed by atoms with E-state index >= 15 is 0 Å². The Kier molecular flexibility index (Phi) is 5.77. The van der Waals surface area contributed by atoms with Gasteiger partial charge in [0, 0.05) is 11.1 Å². The van der Waals surface area contributed by atoms with Crippen molar-refractivity contribution in [3.8, 4) is 0 Å². The minimum atomic E-state index is -1.25. The number of amides is 1. The molecule has 1 amide bonds. The molecular formula is C15H18ClNO3. The first-order valence-electron chi connectivity index (χ1n) is 6.36. The molecule has 0 bridgehead atoms. The van der Waals surface area contributed by atoms with Gasteiger partial charge in [0.15, 0.2) is 0 Å². The number of hydrogen-bond donors (Lipinski definition) is 2. The number of carbonyl (C=O) groups is 2. The van der Waals surface area contributed by atoms with Crippen LogP contribution >= 0.6 is 11.6 Å². The van der Waals surface area contributed by atoms with Gasteiger partial charge >= 0.3 is 5.97 Å². The maximum atomic E-state index is 11.8. The number of carboxylic acids is 1. The highest BCUT2D eigenvalue weighted by Crippen LogP contribution is 2.14. The van der Waals surface area contributed by atoms with Crippen LogP contribution in [0, 0.1) is 0 Å². The molecule has 1 unspecified atom stereocenters. The molecular weight excluding hydrogens is 278 g/mol. The van der Waals surface area contributed by atoms with Crippen LogP contribution < -0.4 is 5.32 Å². The van der Waals surface area contributed by atoms with Crippen LogP contribution in [0.1, 0.15) is 32.3 Å². The van der Waals surface area contributed by atoms with Crippen molar-refractivity contribution in [2.75, 3.05) is 0 Å². The summed E-state index contributed by atoms with van der Waals surface area (Å²) in [5, 5.41) is 12.3. The Balaban J connectivity index is 2.73. The molecule has 0 fully saturated rings. The standard InChI is InChI=1S/C15H18ClNO3/c1-3-9-15(2,14(19)20)17-13(18)8-7-11-5-4-6-12(16)10-11/h4-8,10H,3,9H2,1-2H3,(H,17,18)(H,19,20)/b8-7+. The van der Waals surface area contributed by atoms with Gasteiger partial charge in [-0.1, -0.05) is 37.1 Å². The minimum absolute atomic E-state index is 0.374. The smallest absolute Gasteiger partial charge is 0.329 e. The second-order valence-corrected chi connectivity index (χ2v) is 5.20. The molecule has 0 aliphatic rings. The zero-order valence-electron chi connectivity index (χ0n) is 11.5. The highest BCUT2D eigenvalue weighted by Gasteiger charge is 2.33. The molecule has 0 aliphatic carbocycles. The van der Waals surface area contributed by atoms with E-state index in [1.807, 2.05) is 6.92 Å². The summed E-state index contributed by atoms with van der Waals surface area (Å²) >= 11 is 5.84. The molecule has 0 heterocycles. The van der Waals surface area contributed by atoms with Crippen LogP contribution in [0.3, 0.4) is 0 Å². The van der Waals surface area contributed by atoms with E-state index in [-0.39, 0.29) is 0 Å². The Bertz CT molecular complexity index is 528. The van der Waals surface area contributed by atoms with Gasteiger partial charge in [0.1, 0.15) is 5.54 Å². The van der Waals surface area contributed by atoms with Crippen LogP contribution in [-0.4, -0.2) is 22.5 Å². The van der Waals surface area contributed by atoms with Crippen LogP contribution in [0.2, 0.25) is 5.02 Å². The van der Waals surface area contributed by atoms with Crippen molar-refractivity contribution in [3.63, 3.8) is 0 Å². The summed E-state index contributed by atoms with van der Waals surface area (Å²) in [4.78, 5) is 23.0. The molecule has 0 aliphatic heterocycles. The maximum absolute atomic E-state index is 11.8. The number of rotatable bonds is 6. The minimum Gasteiger partial charge on any atom is -0.480 e. The molecule has 108 valence electrons. The second kappa shape index (κ2) is 7.10. The average Bonchev–Trinajstić information content (AvgIpc) is 2.36. The Hall–Kier alpha value is -1.81. The fourth-order valence-electron chi connectivity index (χ4n) is 1.82. The normalized spacial score (nSPS) is 13.9. The van der Waals surface area contributed by atoms with Gasteiger partial charge in [-0.2, -0.15) is 0 Å². The van der Waals surface area contributed by atoms with Gasteiger partial charge in [0.2, 0.25) is 5.91 Å². The molecule has 0 radical (unpaired) electrons. The summed E-state index contributed by atoms with van der Waals surface area (Å²) in [6, 6.07) is 7.03. The molecule has 4 nitrogen and oxygen atoms in total. The zero-order chi connectivity index (χ0) is 15.2. The highest BCUT2D eigenvalue weighted by molar-refractivity contribution is 6.30. The van der Waals surface area contributed by atoms with Gasteiger partial charge in [0.25, 0.3) is 0 Å². The molecule has 2 N–H and O–H groups in total. The van der Waals surface area contributed by atoms with Crippen LogP contribution in [0.15, 0.2) is 30.3 Å². The lowest BCUT2D eigenvalue weighted by molar-refractivity contribution is -0.146. The molecule has 20 heavy (non-hydrogen) atoms. The average molecular weight is 296 g/mol. The highest BCUT2D eigenvalue weighted by atomic mass is 35.5. The topological polar surface area (TPSA) is 66.4 Å². The molecule has 0 saturated carbocycles. The van der Waals surface area contributed by atoms with Crippen molar-refractivity contribution in [1.29, 1.82) is 0 Å². The Morgan fingerprint density at radius 1 is 1.45 bits per heavy atom. The predicted octanol–water partition coefficient (Wildman–Crippen LogP) is 3.11. The summed E-state index contributed by atoms with van der Waals surface area (Å²) in [6.07, 6.45) is 3.94. The first-order valence-corrected chi connectivity index (χ1v) is 6.74. The molecule has 0 saturated heterocycles. The van der Waals surface area contributed by atoms with Crippen LogP contribution in [-0.2, 0) is 9.59 Å². The van der Waals surface area contributed by atoms with Crippen LogP contribution in [0.25, 0.3) is 6.08 Å². The fourth-order valence-corrected chi connectivity index (χ4v) is 2.02. The first-order chi connectivity index (χ1) is 9.37. The Morgan fingerprint density at radius 2 is 2.15 bits per heavy atom. The van der Waals surface area contributed by atoms with Crippen molar-refractivity contribution in [2.45, 2.75) is 32.2 Å². The summed E-state index contributed by atoms with van der Waals surface area (Å²) in [5.41, 5.74) is -0.468. The first kappa shape index (κ1) is 16.2. The lowest BCUT2D eigenvalue weighted by atomic mass is 9.96. The third-order valence-corrected chi connectivity index (χ3v) is 3.13. The molecule has 0 spiro atoms. The third kappa shape index (κ3) is 4.70. The number of halogens is 1. The van der Waals surface area contributed by atoms with Crippen LogP contribution in [0.4, 0.5) is 0 Å². The predicted molar refractivity (Wildman–Crippen MR) is 79.6 cm³/mol. The van der Waals surface area contributed by atoms with Crippen molar-refractivity contribution in [2.24, 2.45) is 0 Å². The maximum Gasteiger partial charge on any atom is 0.329 e. The lowest BCUT2D eigenvalue weighted by Gasteiger charge is -2.24. The van der Waals surface area contributed by atoms with E-state index in [4.69, 9.17) is 11.6 Å². The van der Waals surface area contributed by atoms with Crippen molar-refractivity contribution >= 4 is 29.6 Å². The van der Waals surface area contributed by atoms with E-state index in [9.17, 15) is 14.7 Å². The lowest BCUT2D eigenvalue weighted by Crippen LogP contribution is -2.51. The van der Waals surface area contributed by atoms with Gasteiger partial charge in [0.05, 0.1) is 0 Å². The van der Waals surface area contributed by atoms with Gasteiger partial charge in [-0.25, -0.2) is 4.79 Å². The second-order valence-electron chi connectivity index (χ2n) is 4.76. The van der Waals surface area contributed by atoms with Crippen LogP contribution in [0.5, 0.6) is 0 Å². The molecule has 1 aromatic rings. The van der Waals surface area contributed by atoms with Crippen molar-refractivity contribution in [3.05, 3.63) is 40.9 Å². The van der Waals surface area contributed by atoms with E-state index in [0.717, 1.165) is 5.56 Å². The molecule has 5 heteroatoms. The third-order valence-electron chi connectivity index (χ3n) is 2.90. The molecule has 1 atom stereocenters. The van der Waals surface area contributed by atoms with Gasteiger partial charge in [-0.05, 0) is 37.1 Å². The van der Waals surface area contributed by atoms with Gasteiger partial charge < -0.3 is 10.4 Å². The summed E-state index contributed by atoms with van der Waals surface area (Å²) < 4.78 is 0. The Morgan fingerprint density at radius 3 is 2.70 bits per heavy atom. The molecule has 0 aromatic heterocycles. The SMILES string of the molecule is CCCC(C)(NC(=O)/C=C/c1cccc(Cl)c1)C(=O)O. The van der Waals surface area contributed by atoms with Gasteiger partial charge in [-0.3, -0.25) is 4.79 Å². The van der Waals surface area contributed by atoms with E-state index < -0.39 is 17.4 Å². The number of hydrogen-bond acceptors (Lipinski definition) is 2. The Labute approximate surface area is 123 Å². The van der Waals surface area contributed by atoms with Gasteiger partial charge in [-0.15, -0.1) is 0 Å². The van der Waals surface area contributed by atoms with E-state index in [1.165, 1.54) is 13.0 Å². The fraction of sp³-hybridized carbons (Fsp3) is 0.333. The zero-order valence-corrected chi connectivity index (χ0v) is 12.3. The van der Waals surface area contributed by atoms with E-state index in [2.05, 4.69) is 5.32 Å². The van der Waals surface area contributed by atoms with Crippen molar-refractivity contribution < 1.29 is 14.7 Å². The quantitative estimate of drug-likeness (QED) is 0.793. The number of benzene rings is 1. The monoisotopic (exact) mass is 295 g/mol. The summed E-state index contributed by atoms with van der Waals surface area (Å²) in [7, 11) is 0. The number of nitrogens with one attached hydrogen (secondary N) is 1. The van der Waals surface area contributed by atoms with E-state index in [0.29, 0.717) is 17.9 Å². The van der Waals surface area contributed by atoms with Crippen molar-refractivity contribution in [1.82, 2.24) is 5.32 Å². The number of carbonyl (C=O) groups excluding carboxylic acids is 1. The molecule has 1 rings (SSSR count). The number of carboxylic acid groups (broad SMARTS) is 1. The van der Waals surface area contributed by atoms with E-state index in [1.54, 1.807) is 30.3 Å². The molecule has 1 aromatic carbocycles. The number of aliphatic carboxylic acids is 1. The largest absolute Gasteiger partial charge is 0.480 e. The summed E-state index contributed by atoms with van der Waals surface area (Å²) in [6.45, 7) is 3.37. The summed E-state index contributed by atoms with van der Waals surface area (Å²) in [5.74, 6) is -1.48.